The first kappa shape index (κ1) is 15.7. The average Bonchev–Trinajstić information content (AvgIpc) is 3.02. The number of H-pyrrole nitrogens is 1. The van der Waals surface area contributed by atoms with Gasteiger partial charge in [0.2, 0.25) is 0 Å². The van der Waals surface area contributed by atoms with Gasteiger partial charge in [0.05, 0.1) is 11.3 Å². The van der Waals surface area contributed by atoms with Gasteiger partial charge in [-0.2, -0.15) is 0 Å². The Morgan fingerprint density at radius 1 is 1.17 bits per heavy atom. The van der Waals surface area contributed by atoms with Gasteiger partial charge in [-0.1, -0.05) is 0 Å². The zero-order chi connectivity index (χ0) is 17.3. The smallest absolute Gasteiger partial charge is 0.271 e. The lowest BCUT2D eigenvalue weighted by Crippen LogP contribution is -2.27. The number of nitrogens with zero attached hydrogens (tertiary/aromatic N) is 3. The van der Waals surface area contributed by atoms with Crippen molar-refractivity contribution in [1.82, 2.24) is 14.8 Å². The first-order chi connectivity index (χ1) is 11.5. The molecule has 3 aromatic rings. The molecule has 0 unspecified atom stereocenters. The summed E-state index contributed by atoms with van der Waals surface area (Å²) in [4.78, 5) is 30.0. The normalized spacial score (nSPS) is 10.6. The SMILES string of the molecule is Cc1c(N(C)C(=O)c2cccnc2)ccc(-n2[nH]ccc2=O)c1C. The van der Waals surface area contributed by atoms with Crippen LogP contribution in [0.3, 0.4) is 0 Å². The molecule has 1 aromatic carbocycles. The number of nitrogens with one attached hydrogen (secondary N) is 1. The van der Waals surface area contributed by atoms with E-state index >= 15 is 0 Å². The molecular weight excluding hydrogens is 304 g/mol. The molecule has 0 spiro atoms. The fourth-order valence-electron chi connectivity index (χ4n) is 2.70. The number of hydrogen-bond acceptors (Lipinski definition) is 3. The minimum absolute atomic E-state index is 0.120. The van der Waals surface area contributed by atoms with Crippen molar-refractivity contribution in [2.45, 2.75) is 13.8 Å². The topological polar surface area (TPSA) is 71.0 Å². The zero-order valence-corrected chi connectivity index (χ0v) is 13.8. The average molecular weight is 322 g/mol. The summed E-state index contributed by atoms with van der Waals surface area (Å²) in [5, 5.41) is 2.90. The number of amides is 1. The van der Waals surface area contributed by atoms with Crippen LogP contribution in [-0.2, 0) is 0 Å². The summed E-state index contributed by atoms with van der Waals surface area (Å²) in [6, 6.07) is 8.63. The molecule has 0 aliphatic carbocycles. The molecule has 1 amide bonds. The fraction of sp³-hybridized carbons (Fsp3) is 0.167. The number of anilines is 1. The second-order valence-corrected chi connectivity index (χ2v) is 5.60. The third kappa shape index (κ3) is 2.62. The minimum atomic E-state index is -0.129. The molecule has 0 atom stereocenters. The Hall–Kier alpha value is -3.15. The molecular formula is C18H18N4O2. The van der Waals surface area contributed by atoms with E-state index in [1.807, 2.05) is 26.0 Å². The summed E-state index contributed by atoms with van der Waals surface area (Å²) in [5.74, 6) is -0.129. The van der Waals surface area contributed by atoms with E-state index in [0.717, 1.165) is 22.5 Å². The molecule has 0 aliphatic rings. The molecule has 6 nitrogen and oxygen atoms in total. The number of aromatic nitrogens is 3. The highest BCUT2D eigenvalue weighted by Gasteiger charge is 2.18. The third-order valence-electron chi connectivity index (χ3n) is 4.20. The van der Waals surface area contributed by atoms with E-state index in [1.54, 1.807) is 42.7 Å². The van der Waals surface area contributed by atoms with Crippen LogP contribution in [0, 0.1) is 13.8 Å². The Kier molecular flexibility index (Phi) is 4.04. The molecule has 0 radical (unpaired) electrons. The molecule has 3 rings (SSSR count). The quantitative estimate of drug-likeness (QED) is 0.805. The van der Waals surface area contributed by atoms with Crippen LogP contribution < -0.4 is 10.5 Å². The van der Waals surface area contributed by atoms with Crippen LogP contribution in [-0.4, -0.2) is 27.7 Å². The molecule has 6 heteroatoms. The lowest BCUT2D eigenvalue weighted by Gasteiger charge is -2.22. The van der Waals surface area contributed by atoms with E-state index in [1.165, 1.54) is 10.7 Å². The number of rotatable bonds is 3. The van der Waals surface area contributed by atoms with Gasteiger partial charge in [0.1, 0.15) is 0 Å². The standard InChI is InChI=1S/C18H18N4O2/c1-12-13(2)16(22-17(23)8-10-20-22)7-6-15(12)21(3)18(24)14-5-4-9-19-11-14/h4-11,20H,1-3H3. The first-order valence-corrected chi connectivity index (χ1v) is 7.56. The van der Waals surface area contributed by atoms with Crippen LogP contribution in [0.5, 0.6) is 0 Å². The van der Waals surface area contributed by atoms with Crippen LogP contribution >= 0.6 is 0 Å². The maximum atomic E-state index is 12.6. The number of benzene rings is 1. The highest BCUT2D eigenvalue weighted by molar-refractivity contribution is 6.06. The Morgan fingerprint density at radius 3 is 2.58 bits per heavy atom. The highest BCUT2D eigenvalue weighted by atomic mass is 16.2. The number of pyridine rings is 1. The molecule has 1 N–H and O–H groups in total. The monoisotopic (exact) mass is 322 g/mol. The van der Waals surface area contributed by atoms with Crippen LogP contribution in [0.2, 0.25) is 0 Å². The van der Waals surface area contributed by atoms with E-state index in [4.69, 9.17) is 0 Å². The van der Waals surface area contributed by atoms with Gasteiger partial charge in [-0.05, 0) is 49.2 Å². The van der Waals surface area contributed by atoms with Gasteiger partial charge in [-0.15, -0.1) is 0 Å². The summed E-state index contributed by atoms with van der Waals surface area (Å²) in [6.45, 7) is 3.87. The lowest BCUT2D eigenvalue weighted by molar-refractivity contribution is 0.0992. The second kappa shape index (κ2) is 6.16. The zero-order valence-electron chi connectivity index (χ0n) is 13.8. The van der Waals surface area contributed by atoms with Crippen LogP contribution in [0.15, 0.2) is 53.7 Å². The Bertz CT molecular complexity index is 941. The number of hydrogen-bond donors (Lipinski definition) is 1. The molecule has 0 saturated heterocycles. The van der Waals surface area contributed by atoms with Crippen molar-refractivity contribution >= 4 is 11.6 Å². The highest BCUT2D eigenvalue weighted by Crippen LogP contribution is 2.27. The van der Waals surface area contributed by atoms with Crippen LogP contribution in [0.1, 0.15) is 21.5 Å². The molecule has 122 valence electrons. The van der Waals surface area contributed by atoms with E-state index in [2.05, 4.69) is 10.1 Å². The van der Waals surface area contributed by atoms with E-state index < -0.39 is 0 Å². The van der Waals surface area contributed by atoms with Gasteiger partial charge in [-0.25, -0.2) is 4.68 Å². The van der Waals surface area contributed by atoms with Crippen molar-refractivity contribution in [3.63, 3.8) is 0 Å². The number of aromatic amines is 1. The molecule has 0 aliphatic heterocycles. The van der Waals surface area contributed by atoms with Crippen molar-refractivity contribution in [1.29, 1.82) is 0 Å². The van der Waals surface area contributed by atoms with Gasteiger partial charge in [0.25, 0.3) is 11.5 Å². The maximum absolute atomic E-state index is 12.6. The van der Waals surface area contributed by atoms with Crippen molar-refractivity contribution in [3.8, 4) is 5.69 Å². The van der Waals surface area contributed by atoms with Gasteiger partial charge >= 0.3 is 0 Å². The molecule has 0 fully saturated rings. The predicted molar refractivity (Wildman–Crippen MR) is 92.8 cm³/mol. The number of carbonyl (C=O) groups excluding carboxylic acids is 1. The maximum Gasteiger partial charge on any atom is 0.271 e. The van der Waals surface area contributed by atoms with Gasteiger partial charge in [0, 0.05) is 37.4 Å². The van der Waals surface area contributed by atoms with Crippen molar-refractivity contribution in [3.05, 3.63) is 76.0 Å². The fourth-order valence-corrected chi connectivity index (χ4v) is 2.70. The molecule has 2 heterocycles. The van der Waals surface area contributed by atoms with Crippen LogP contribution in [0.25, 0.3) is 5.69 Å². The predicted octanol–water partition coefficient (Wildman–Crippen LogP) is 2.45. The molecule has 24 heavy (non-hydrogen) atoms. The van der Waals surface area contributed by atoms with Gasteiger partial charge in [0.15, 0.2) is 0 Å². The largest absolute Gasteiger partial charge is 0.311 e. The summed E-state index contributed by atoms with van der Waals surface area (Å²) in [5.41, 5.74) is 3.85. The van der Waals surface area contributed by atoms with E-state index in [-0.39, 0.29) is 11.5 Å². The van der Waals surface area contributed by atoms with E-state index in [9.17, 15) is 9.59 Å². The Morgan fingerprint density at radius 2 is 1.96 bits per heavy atom. The second-order valence-electron chi connectivity index (χ2n) is 5.60. The van der Waals surface area contributed by atoms with Crippen LogP contribution in [0.4, 0.5) is 5.69 Å². The first-order valence-electron chi connectivity index (χ1n) is 7.56. The summed E-state index contributed by atoms with van der Waals surface area (Å²) in [7, 11) is 1.73. The molecule has 0 bridgehead atoms. The van der Waals surface area contributed by atoms with Crippen molar-refractivity contribution in [2.75, 3.05) is 11.9 Å². The van der Waals surface area contributed by atoms with Crippen molar-refractivity contribution in [2.24, 2.45) is 0 Å². The number of carbonyl (C=O) groups is 1. The van der Waals surface area contributed by atoms with E-state index in [0.29, 0.717) is 5.56 Å². The summed E-state index contributed by atoms with van der Waals surface area (Å²) in [6.07, 6.45) is 4.78. The summed E-state index contributed by atoms with van der Waals surface area (Å²) >= 11 is 0. The van der Waals surface area contributed by atoms with Gasteiger partial charge in [-0.3, -0.25) is 19.7 Å². The third-order valence-corrected chi connectivity index (χ3v) is 4.20. The van der Waals surface area contributed by atoms with Crippen molar-refractivity contribution < 1.29 is 4.79 Å². The Balaban J connectivity index is 2.01. The summed E-state index contributed by atoms with van der Waals surface area (Å²) < 4.78 is 1.48. The molecule has 0 saturated carbocycles. The lowest BCUT2D eigenvalue weighted by atomic mass is 10.0. The molecule has 2 aromatic heterocycles. The van der Waals surface area contributed by atoms with Gasteiger partial charge < -0.3 is 4.90 Å². The minimum Gasteiger partial charge on any atom is -0.311 e. The Labute approximate surface area is 139 Å².